The summed E-state index contributed by atoms with van der Waals surface area (Å²) in [6.45, 7) is 4.01. The number of aliphatic hydroxyl groups excluding tert-OH is 1. The van der Waals surface area contributed by atoms with Crippen molar-refractivity contribution >= 4 is 22.9 Å². The van der Waals surface area contributed by atoms with Crippen LogP contribution in [0.5, 0.6) is 0 Å². The molecule has 116 valence electrons. The summed E-state index contributed by atoms with van der Waals surface area (Å²) in [6, 6.07) is 12.9. The fourth-order valence-electron chi connectivity index (χ4n) is 2.34. The van der Waals surface area contributed by atoms with E-state index in [4.69, 9.17) is 4.42 Å². The van der Waals surface area contributed by atoms with Crippen LogP contribution < -0.4 is 5.63 Å². The predicted molar refractivity (Wildman–Crippen MR) is 91.3 cm³/mol. The first-order chi connectivity index (χ1) is 11.1. The Labute approximate surface area is 133 Å². The molecule has 0 aliphatic rings. The first kappa shape index (κ1) is 15.0. The summed E-state index contributed by atoms with van der Waals surface area (Å²) in [4.78, 5) is 16.3. The molecule has 0 saturated heterocycles. The van der Waals surface area contributed by atoms with Crippen molar-refractivity contribution in [2.24, 2.45) is 0 Å². The van der Waals surface area contributed by atoms with Gasteiger partial charge in [0.1, 0.15) is 11.3 Å². The summed E-state index contributed by atoms with van der Waals surface area (Å²) in [5.74, 6) is -0.0144. The number of aliphatic hydroxyl groups is 1. The Morgan fingerprint density at radius 3 is 2.65 bits per heavy atom. The predicted octanol–water partition coefficient (Wildman–Crippen LogP) is 4.11. The van der Waals surface area contributed by atoms with Crippen LogP contribution in [0.1, 0.15) is 29.3 Å². The first-order valence-electron chi connectivity index (χ1n) is 7.48. The van der Waals surface area contributed by atoms with Gasteiger partial charge in [0.2, 0.25) is 0 Å². The van der Waals surface area contributed by atoms with Crippen molar-refractivity contribution in [3.63, 3.8) is 0 Å². The van der Waals surface area contributed by atoms with Gasteiger partial charge in [0, 0.05) is 11.6 Å². The van der Waals surface area contributed by atoms with Crippen LogP contribution in [-0.4, -0.2) is 10.1 Å². The van der Waals surface area contributed by atoms with Crippen molar-refractivity contribution in [1.82, 2.24) is 4.98 Å². The van der Waals surface area contributed by atoms with E-state index < -0.39 is 5.63 Å². The smallest absolute Gasteiger partial charge is 0.362 e. The highest BCUT2D eigenvalue weighted by molar-refractivity contribution is 5.78. The van der Waals surface area contributed by atoms with Gasteiger partial charge in [0.15, 0.2) is 11.3 Å². The maximum Gasteiger partial charge on any atom is 0.362 e. The third-order valence-electron chi connectivity index (χ3n) is 3.70. The normalized spacial score (nSPS) is 11.8. The van der Waals surface area contributed by atoms with E-state index in [2.05, 4.69) is 11.9 Å². The molecule has 3 rings (SSSR count). The molecule has 0 fully saturated rings. The molecule has 0 bridgehead atoms. The second-order valence-corrected chi connectivity index (χ2v) is 5.44. The summed E-state index contributed by atoms with van der Waals surface area (Å²) in [5.41, 5.74) is 3.37. The van der Waals surface area contributed by atoms with Crippen LogP contribution in [0.15, 0.2) is 51.7 Å². The maximum absolute atomic E-state index is 12.0. The van der Waals surface area contributed by atoms with Gasteiger partial charge in [-0.15, -0.1) is 0 Å². The van der Waals surface area contributed by atoms with Crippen LogP contribution >= 0.6 is 0 Å². The highest BCUT2D eigenvalue weighted by atomic mass is 16.4. The molecule has 0 amide bonds. The van der Waals surface area contributed by atoms with E-state index in [1.165, 1.54) is 11.6 Å². The average molecular weight is 307 g/mol. The number of hydrogen-bond acceptors (Lipinski definition) is 4. The minimum atomic E-state index is -0.571. The van der Waals surface area contributed by atoms with Crippen LogP contribution in [0.4, 0.5) is 0 Å². The molecule has 0 aliphatic carbocycles. The van der Waals surface area contributed by atoms with Gasteiger partial charge in [-0.25, -0.2) is 9.78 Å². The molecule has 1 N–H and O–H groups in total. The van der Waals surface area contributed by atoms with Crippen LogP contribution in [0.3, 0.4) is 0 Å². The van der Waals surface area contributed by atoms with Crippen molar-refractivity contribution in [2.45, 2.75) is 20.3 Å². The Kier molecular flexibility index (Phi) is 3.98. The number of fused-ring (bicyclic) bond motifs is 1. The van der Waals surface area contributed by atoms with Gasteiger partial charge in [-0.1, -0.05) is 37.3 Å². The Morgan fingerprint density at radius 1 is 1.22 bits per heavy atom. The molecule has 0 aliphatic heterocycles. The number of nitrogens with zero attached hydrogens (tertiary/aromatic N) is 1. The lowest BCUT2D eigenvalue weighted by molar-refractivity contribution is 0.514. The Bertz CT molecular complexity index is 937. The van der Waals surface area contributed by atoms with Crippen molar-refractivity contribution in [3.8, 4) is 0 Å². The molecular weight excluding hydrogens is 290 g/mol. The lowest BCUT2D eigenvalue weighted by Crippen LogP contribution is -2.06. The van der Waals surface area contributed by atoms with Gasteiger partial charge >= 0.3 is 5.63 Å². The van der Waals surface area contributed by atoms with E-state index in [0.29, 0.717) is 16.7 Å². The number of aryl methyl sites for hydroxylation is 2. The number of hydrogen-bond donors (Lipinski definition) is 1. The van der Waals surface area contributed by atoms with Crippen LogP contribution in [0.25, 0.3) is 22.9 Å². The monoisotopic (exact) mass is 307 g/mol. The molecule has 0 atom stereocenters. The van der Waals surface area contributed by atoms with Gasteiger partial charge < -0.3 is 9.52 Å². The maximum atomic E-state index is 12.0. The molecule has 4 heteroatoms. The summed E-state index contributed by atoms with van der Waals surface area (Å²) < 4.78 is 5.25. The zero-order chi connectivity index (χ0) is 16.4. The third-order valence-corrected chi connectivity index (χ3v) is 3.70. The molecule has 1 heterocycles. The van der Waals surface area contributed by atoms with Gasteiger partial charge in [-0.3, -0.25) is 0 Å². The minimum Gasteiger partial charge on any atom is -0.507 e. The lowest BCUT2D eigenvalue weighted by atomic mass is 10.1. The fraction of sp³-hybridized carbons (Fsp3) is 0.158. The van der Waals surface area contributed by atoms with E-state index in [0.717, 1.165) is 12.0 Å². The molecule has 2 aromatic carbocycles. The van der Waals surface area contributed by atoms with Crippen molar-refractivity contribution in [1.29, 1.82) is 0 Å². The molecule has 0 spiro atoms. The Balaban J connectivity index is 2.04. The lowest BCUT2D eigenvalue weighted by Gasteiger charge is -2.03. The van der Waals surface area contributed by atoms with Crippen molar-refractivity contribution in [2.75, 3.05) is 0 Å². The molecule has 23 heavy (non-hydrogen) atoms. The van der Waals surface area contributed by atoms with Crippen LogP contribution in [-0.2, 0) is 6.42 Å². The van der Waals surface area contributed by atoms with Crippen LogP contribution in [0.2, 0.25) is 0 Å². The molecule has 0 unspecified atom stereocenters. The van der Waals surface area contributed by atoms with E-state index >= 15 is 0 Å². The first-order valence-corrected chi connectivity index (χ1v) is 7.48. The van der Waals surface area contributed by atoms with Crippen molar-refractivity contribution in [3.05, 3.63) is 75.3 Å². The molecule has 1 aromatic heterocycles. The fourth-order valence-corrected chi connectivity index (χ4v) is 2.34. The van der Waals surface area contributed by atoms with E-state index in [1.807, 2.05) is 43.3 Å². The summed E-state index contributed by atoms with van der Waals surface area (Å²) >= 11 is 0. The zero-order valence-corrected chi connectivity index (χ0v) is 13.0. The Morgan fingerprint density at radius 2 is 1.96 bits per heavy atom. The molecule has 4 nitrogen and oxygen atoms in total. The Hall–Kier alpha value is -2.88. The van der Waals surface area contributed by atoms with Gasteiger partial charge in [0.25, 0.3) is 0 Å². The molecule has 0 saturated carbocycles. The van der Waals surface area contributed by atoms with E-state index in [1.54, 1.807) is 6.07 Å². The second-order valence-electron chi connectivity index (χ2n) is 5.44. The summed E-state index contributed by atoms with van der Waals surface area (Å²) in [7, 11) is 0. The summed E-state index contributed by atoms with van der Waals surface area (Å²) in [6.07, 6.45) is 2.27. The number of aromatic nitrogens is 1. The highest BCUT2D eigenvalue weighted by Crippen LogP contribution is 2.17. The summed E-state index contributed by atoms with van der Waals surface area (Å²) in [5, 5.41) is 10.2. The third kappa shape index (κ3) is 3.16. The standard InChI is InChI=1S/C19H17NO3/c1-3-13-5-7-14(8-6-13)17(21)11-16-19(22)23-18-9-4-12(2)10-15(18)20-16/h4-11,21H,3H2,1-2H3/b17-11-. The van der Waals surface area contributed by atoms with E-state index in [9.17, 15) is 9.90 Å². The number of rotatable bonds is 3. The van der Waals surface area contributed by atoms with E-state index in [-0.39, 0.29) is 11.5 Å². The second kappa shape index (κ2) is 6.08. The number of benzene rings is 2. The highest BCUT2D eigenvalue weighted by Gasteiger charge is 2.08. The van der Waals surface area contributed by atoms with Crippen molar-refractivity contribution < 1.29 is 9.52 Å². The molecule has 3 aromatic rings. The SMILES string of the molecule is CCc1ccc(/C(O)=C/c2nc3cc(C)ccc3oc2=O)cc1. The van der Waals surface area contributed by atoms with Gasteiger partial charge in [-0.2, -0.15) is 0 Å². The van der Waals surface area contributed by atoms with Crippen LogP contribution in [0, 0.1) is 6.92 Å². The van der Waals surface area contributed by atoms with Gasteiger partial charge in [-0.05, 0) is 36.6 Å². The average Bonchev–Trinajstić information content (AvgIpc) is 2.56. The van der Waals surface area contributed by atoms with Gasteiger partial charge in [0.05, 0.1) is 0 Å². The quantitative estimate of drug-likeness (QED) is 0.739. The largest absolute Gasteiger partial charge is 0.507 e. The topological polar surface area (TPSA) is 63.3 Å². The zero-order valence-electron chi connectivity index (χ0n) is 13.0. The molecular formula is C19H17NO3. The molecule has 0 radical (unpaired) electrons. The minimum absolute atomic E-state index is 0.0144.